The number of benzene rings is 1. The number of nitrogens with one attached hydrogen (secondary N) is 1. The third-order valence-electron chi connectivity index (χ3n) is 5.45. The van der Waals surface area contributed by atoms with Gasteiger partial charge in [-0.3, -0.25) is 4.79 Å². The molecule has 1 saturated heterocycles. The van der Waals surface area contributed by atoms with Crippen molar-refractivity contribution in [1.29, 1.82) is 0 Å². The lowest BCUT2D eigenvalue weighted by Gasteiger charge is -2.30. The first-order chi connectivity index (χ1) is 14.1. The van der Waals surface area contributed by atoms with E-state index in [9.17, 15) is 4.79 Å². The molecule has 1 aliphatic heterocycles. The maximum Gasteiger partial charge on any atom is 0.324 e. The number of nitrogens with zero attached hydrogens (tertiary/aromatic N) is 4. The van der Waals surface area contributed by atoms with Crippen LogP contribution < -0.4 is 15.0 Å². The molecule has 0 aliphatic carbocycles. The number of ether oxygens (including phenoxy) is 1. The predicted molar refractivity (Wildman–Crippen MR) is 112 cm³/mol. The van der Waals surface area contributed by atoms with Crippen LogP contribution >= 0.6 is 0 Å². The molecule has 2 aromatic rings. The highest BCUT2D eigenvalue weighted by Gasteiger charge is 2.28. The van der Waals surface area contributed by atoms with E-state index in [0.29, 0.717) is 24.9 Å². The molecule has 0 bridgehead atoms. The Hall–Kier alpha value is -2.61. The molecule has 3 rings (SSSR count). The molecule has 1 aliphatic rings. The summed E-state index contributed by atoms with van der Waals surface area (Å²) < 4.78 is 10.7. The van der Waals surface area contributed by atoms with Gasteiger partial charge in [-0.15, -0.1) is 0 Å². The average molecular weight is 402 g/mol. The minimum absolute atomic E-state index is 0.0585. The highest BCUT2D eigenvalue weighted by atomic mass is 16.5. The number of hydrogen-bond donors (Lipinski definition) is 1. The lowest BCUT2D eigenvalue weighted by molar-refractivity contribution is -0.125. The summed E-state index contributed by atoms with van der Waals surface area (Å²) in [4.78, 5) is 21.4. The molecule has 1 amide bonds. The molecule has 0 spiro atoms. The topological polar surface area (TPSA) is 83.7 Å². The van der Waals surface area contributed by atoms with Crippen molar-refractivity contribution < 1.29 is 14.1 Å². The van der Waals surface area contributed by atoms with E-state index in [4.69, 9.17) is 9.26 Å². The molecule has 1 aromatic carbocycles. The summed E-state index contributed by atoms with van der Waals surface area (Å²) in [7, 11) is 1.63. The van der Waals surface area contributed by atoms with E-state index >= 15 is 0 Å². The zero-order valence-electron chi connectivity index (χ0n) is 17.6. The van der Waals surface area contributed by atoms with Gasteiger partial charge in [0.1, 0.15) is 5.75 Å². The Morgan fingerprint density at radius 3 is 2.76 bits per heavy atom. The van der Waals surface area contributed by atoms with Crippen LogP contribution in [-0.2, 0) is 4.79 Å². The van der Waals surface area contributed by atoms with Gasteiger partial charge in [-0.2, -0.15) is 4.98 Å². The van der Waals surface area contributed by atoms with Gasteiger partial charge in [-0.1, -0.05) is 19.0 Å². The van der Waals surface area contributed by atoms with E-state index in [1.165, 1.54) is 0 Å². The number of carbonyl (C=O) groups is 1. The molecule has 1 aromatic heterocycles. The van der Waals surface area contributed by atoms with Crippen molar-refractivity contribution in [3.05, 3.63) is 24.3 Å². The fraction of sp³-hybridized carbons (Fsp3) is 0.571. The third kappa shape index (κ3) is 5.47. The van der Waals surface area contributed by atoms with Gasteiger partial charge in [0.05, 0.1) is 13.0 Å². The number of aromatic nitrogens is 2. The van der Waals surface area contributed by atoms with Gasteiger partial charge in [0, 0.05) is 31.7 Å². The van der Waals surface area contributed by atoms with E-state index < -0.39 is 0 Å². The largest absolute Gasteiger partial charge is 0.497 e. The van der Waals surface area contributed by atoms with Gasteiger partial charge in [0.25, 0.3) is 0 Å². The lowest BCUT2D eigenvalue weighted by Crippen LogP contribution is -2.44. The second-order valence-corrected chi connectivity index (χ2v) is 7.23. The van der Waals surface area contributed by atoms with E-state index in [1.807, 2.05) is 29.2 Å². The highest BCUT2D eigenvalue weighted by molar-refractivity contribution is 5.79. The Labute approximate surface area is 172 Å². The molecule has 158 valence electrons. The van der Waals surface area contributed by atoms with Crippen LogP contribution in [-0.4, -0.2) is 67.3 Å². The van der Waals surface area contributed by atoms with Gasteiger partial charge in [-0.05, 0) is 50.2 Å². The fourth-order valence-corrected chi connectivity index (χ4v) is 3.59. The monoisotopic (exact) mass is 401 g/mol. The molecule has 2 heterocycles. The van der Waals surface area contributed by atoms with Gasteiger partial charge in [-0.25, -0.2) is 0 Å². The maximum absolute atomic E-state index is 12.6. The number of hydrogen-bond acceptors (Lipinski definition) is 7. The van der Waals surface area contributed by atoms with Gasteiger partial charge < -0.3 is 24.4 Å². The minimum Gasteiger partial charge on any atom is -0.497 e. The lowest BCUT2D eigenvalue weighted by atomic mass is 9.97. The van der Waals surface area contributed by atoms with Crippen LogP contribution in [0.2, 0.25) is 0 Å². The number of amides is 1. The standard InChI is InChI=1S/C21H31N5O3/c1-4-25(5-2)14-12-22-20(27)17-7-6-13-26(15-17)21-23-19(24-29-21)16-8-10-18(28-3)11-9-16/h8-11,17H,4-7,12-15H2,1-3H3,(H,22,27)/t17-/m0/s1. The molecule has 0 unspecified atom stereocenters. The van der Waals surface area contributed by atoms with Crippen LogP contribution in [0.15, 0.2) is 28.8 Å². The number of rotatable bonds is 9. The first-order valence-electron chi connectivity index (χ1n) is 10.4. The summed E-state index contributed by atoms with van der Waals surface area (Å²) in [5.41, 5.74) is 0.864. The van der Waals surface area contributed by atoms with Crippen LogP contribution in [0.5, 0.6) is 5.75 Å². The molecular formula is C21H31N5O3. The summed E-state index contributed by atoms with van der Waals surface area (Å²) in [6.45, 7) is 9.23. The molecule has 0 saturated carbocycles. The summed E-state index contributed by atoms with van der Waals surface area (Å²) in [5.74, 6) is 1.37. The molecule has 1 N–H and O–H groups in total. The molecule has 0 radical (unpaired) electrons. The Balaban J connectivity index is 1.56. The fourth-order valence-electron chi connectivity index (χ4n) is 3.59. The average Bonchev–Trinajstić information content (AvgIpc) is 3.27. The maximum atomic E-state index is 12.6. The van der Waals surface area contributed by atoms with Crippen molar-refractivity contribution in [2.24, 2.45) is 5.92 Å². The van der Waals surface area contributed by atoms with Gasteiger partial charge in [0.2, 0.25) is 11.7 Å². The molecule has 29 heavy (non-hydrogen) atoms. The summed E-state index contributed by atoms with van der Waals surface area (Å²) in [6, 6.07) is 8.00. The van der Waals surface area contributed by atoms with Crippen LogP contribution in [0.4, 0.5) is 6.01 Å². The van der Waals surface area contributed by atoms with Gasteiger partial charge in [0.15, 0.2) is 0 Å². The summed E-state index contributed by atoms with van der Waals surface area (Å²) in [5, 5.41) is 7.18. The van der Waals surface area contributed by atoms with Crippen molar-refractivity contribution in [3.8, 4) is 17.1 Å². The van der Waals surface area contributed by atoms with Crippen molar-refractivity contribution in [1.82, 2.24) is 20.4 Å². The van der Waals surface area contributed by atoms with E-state index in [1.54, 1.807) is 7.11 Å². The van der Waals surface area contributed by atoms with E-state index in [0.717, 1.165) is 50.3 Å². The Kier molecular flexibility index (Phi) is 7.46. The van der Waals surface area contributed by atoms with Crippen LogP contribution in [0.1, 0.15) is 26.7 Å². The molecule has 1 atom stereocenters. The first-order valence-corrected chi connectivity index (χ1v) is 10.4. The minimum atomic E-state index is -0.0585. The second-order valence-electron chi connectivity index (χ2n) is 7.23. The normalized spacial score (nSPS) is 16.8. The highest BCUT2D eigenvalue weighted by Crippen LogP contribution is 2.25. The summed E-state index contributed by atoms with van der Waals surface area (Å²) >= 11 is 0. The third-order valence-corrected chi connectivity index (χ3v) is 5.45. The van der Waals surface area contributed by atoms with Crippen molar-refractivity contribution >= 4 is 11.9 Å². The van der Waals surface area contributed by atoms with Crippen molar-refractivity contribution in [2.45, 2.75) is 26.7 Å². The van der Waals surface area contributed by atoms with Gasteiger partial charge >= 0.3 is 6.01 Å². The number of likely N-dealkylation sites (N-methyl/N-ethyl adjacent to an activating group) is 1. The SMILES string of the molecule is CCN(CC)CCNC(=O)[C@H]1CCCN(c2nc(-c3ccc(OC)cc3)no2)C1. The number of carbonyl (C=O) groups excluding carboxylic acids is 1. The van der Waals surface area contributed by atoms with Crippen molar-refractivity contribution in [3.63, 3.8) is 0 Å². The predicted octanol–water partition coefficient (Wildman–Crippen LogP) is 2.42. The first kappa shape index (κ1) is 21.1. The number of anilines is 1. The molecule has 8 heteroatoms. The Morgan fingerprint density at radius 1 is 1.31 bits per heavy atom. The Bertz CT molecular complexity index is 773. The molecular weight excluding hydrogens is 370 g/mol. The number of piperidine rings is 1. The van der Waals surface area contributed by atoms with E-state index in [-0.39, 0.29) is 11.8 Å². The Morgan fingerprint density at radius 2 is 2.07 bits per heavy atom. The van der Waals surface area contributed by atoms with Crippen LogP contribution in [0, 0.1) is 5.92 Å². The van der Waals surface area contributed by atoms with Crippen LogP contribution in [0.25, 0.3) is 11.4 Å². The molecule has 8 nitrogen and oxygen atoms in total. The summed E-state index contributed by atoms with van der Waals surface area (Å²) in [6.07, 6.45) is 1.81. The second kappa shape index (κ2) is 10.2. The smallest absolute Gasteiger partial charge is 0.324 e. The van der Waals surface area contributed by atoms with Crippen molar-refractivity contribution in [2.75, 3.05) is 51.3 Å². The molecule has 1 fully saturated rings. The quantitative estimate of drug-likeness (QED) is 0.691. The zero-order valence-corrected chi connectivity index (χ0v) is 17.6. The van der Waals surface area contributed by atoms with Crippen LogP contribution in [0.3, 0.4) is 0 Å². The number of methoxy groups -OCH3 is 1. The van der Waals surface area contributed by atoms with E-state index in [2.05, 4.69) is 34.2 Å². The zero-order chi connectivity index (χ0) is 20.6.